The van der Waals surface area contributed by atoms with Crippen LogP contribution in [0.5, 0.6) is 0 Å². The molecule has 3 rings (SSSR count). The van der Waals surface area contributed by atoms with Gasteiger partial charge in [-0.1, -0.05) is 26.0 Å². The van der Waals surface area contributed by atoms with Crippen LogP contribution in [0, 0.1) is 5.92 Å². The van der Waals surface area contributed by atoms with Crippen LogP contribution < -0.4 is 5.32 Å². The standard InChI is InChI=1S/C17H19N5O/c1-12(2)15(22-8-3-4-9-22)17(23)20-14-7-5-6-13(10-14)16-18-11-19-21-16/h3-12,15H,1-2H3,(H,20,23)(H,18,19,21)/t15-/m0/s1. The van der Waals surface area contributed by atoms with E-state index >= 15 is 0 Å². The number of hydrogen-bond acceptors (Lipinski definition) is 3. The molecular weight excluding hydrogens is 290 g/mol. The van der Waals surface area contributed by atoms with E-state index < -0.39 is 0 Å². The van der Waals surface area contributed by atoms with Gasteiger partial charge in [0.15, 0.2) is 5.82 Å². The van der Waals surface area contributed by atoms with E-state index in [0.717, 1.165) is 11.3 Å². The van der Waals surface area contributed by atoms with Crippen molar-refractivity contribution in [2.24, 2.45) is 5.92 Å². The highest BCUT2D eigenvalue weighted by Crippen LogP contribution is 2.23. The van der Waals surface area contributed by atoms with Crippen molar-refractivity contribution in [1.82, 2.24) is 19.7 Å². The maximum atomic E-state index is 12.7. The molecule has 0 fully saturated rings. The van der Waals surface area contributed by atoms with Crippen LogP contribution >= 0.6 is 0 Å². The number of benzene rings is 1. The molecule has 1 aromatic carbocycles. The summed E-state index contributed by atoms with van der Waals surface area (Å²) in [5.74, 6) is 0.817. The molecular formula is C17H19N5O. The van der Waals surface area contributed by atoms with Gasteiger partial charge in [0.25, 0.3) is 0 Å². The van der Waals surface area contributed by atoms with Crippen molar-refractivity contribution in [2.45, 2.75) is 19.9 Å². The number of rotatable bonds is 5. The molecule has 0 aliphatic rings. The predicted molar refractivity (Wildman–Crippen MR) is 88.8 cm³/mol. The SMILES string of the molecule is CC(C)[C@@H](C(=O)Nc1cccc(-c2ncn[nH]2)c1)n1cccc1. The average Bonchev–Trinajstić information content (AvgIpc) is 3.21. The minimum absolute atomic E-state index is 0.0362. The number of nitrogens with zero attached hydrogens (tertiary/aromatic N) is 3. The van der Waals surface area contributed by atoms with E-state index in [9.17, 15) is 4.79 Å². The molecule has 0 saturated heterocycles. The third-order valence-corrected chi connectivity index (χ3v) is 3.67. The average molecular weight is 309 g/mol. The Morgan fingerprint density at radius 2 is 2.00 bits per heavy atom. The van der Waals surface area contributed by atoms with Crippen molar-refractivity contribution in [2.75, 3.05) is 5.32 Å². The van der Waals surface area contributed by atoms with Crippen LogP contribution in [-0.2, 0) is 4.79 Å². The molecule has 2 N–H and O–H groups in total. The van der Waals surface area contributed by atoms with E-state index in [2.05, 4.69) is 20.5 Å². The highest BCUT2D eigenvalue weighted by Gasteiger charge is 2.23. The fourth-order valence-corrected chi connectivity index (χ4v) is 2.62. The second kappa shape index (κ2) is 6.48. The summed E-state index contributed by atoms with van der Waals surface area (Å²) >= 11 is 0. The van der Waals surface area contributed by atoms with Gasteiger partial charge in [0.1, 0.15) is 12.4 Å². The van der Waals surface area contributed by atoms with Crippen LogP contribution in [0.25, 0.3) is 11.4 Å². The number of carbonyl (C=O) groups excluding carboxylic acids is 1. The monoisotopic (exact) mass is 309 g/mol. The van der Waals surface area contributed by atoms with Gasteiger partial charge in [-0.2, -0.15) is 5.10 Å². The number of amides is 1. The van der Waals surface area contributed by atoms with Gasteiger partial charge in [-0.25, -0.2) is 4.98 Å². The van der Waals surface area contributed by atoms with Crippen LogP contribution in [-0.4, -0.2) is 25.7 Å². The van der Waals surface area contributed by atoms with Crippen molar-refractivity contribution in [3.63, 3.8) is 0 Å². The largest absolute Gasteiger partial charge is 0.342 e. The molecule has 0 unspecified atom stereocenters. The van der Waals surface area contributed by atoms with Crippen molar-refractivity contribution < 1.29 is 4.79 Å². The maximum Gasteiger partial charge on any atom is 0.247 e. The van der Waals surface area contributed by atoms with Crippen LogP contribution in [0.15, 0.2) is 55.1 Å². The summed E-state index contributed by atoms with van der Waals surface area (Å²) in [5, 5.41) is 9.66. The number of carbonyl (C=O) groups is 1. The number of aromatic amines is 1. The molecule has 118 valence electrons. The quantitative estimate of drug-likeness (QED) is 0.760. The zero-order valence-corrected chi connectivity index (χ0v) is 13.1. The molecule has 6 nitrogen and oxygen atoms in total. The first-order valence-corrected chi connectivity index (χ1v) is 7.54. The van der Waals surface area contributed by atoms with E-state index in [-0.39, 0.29) is 17.9 Å². The third kappa shape index (κ3) is 3.31. The number of aromatic nitrogens is 4. The van der Waals surface area contributed by atoms with Crippen LogP contribution in [0.4, 0.5) is 5.69 Å². The Balaban J connectivity index is 1.81. The van der Waals surface area contributed by atoms with E-state index in [4.69, 9.17) is 0 Å². The predicted octanol–water partition coefficient (Wildman–Crippen LogP) is 3.11. The fraction of sp³-hybridized carbons (Fsp3) is 0.235. The number of H-pyrrole nitrogens is 1. The Labute approximate surface area is 134 Å². The Morgan fingerprint density at radius 3 is 2.65 bits per heavy atom. The molecule has 23 heavy (non-hydrogen) atoms. The van der Waals surface area contributed by atoms with Crippen molar-refractivity contribution in [1.29, 1.82) is 0 Å². The van der Waals surface area contributed by atoms with Gasteiger partial charge in [-0.3, -0.25) is 9.89 Å². The second-order valence-electron chi connectivity index (χ2n) is 5.72. The fourth-order valence-electron chi connectivity index (χ4n) is 2.62. The lowest BCUT2D eigenvalue weighted by Gasteiger charge is -2.22. The molecule has 2 aromatic heterocycles. The minimum atomic E-state index is -0.251. The molecule has 1 amide bonds. The van der Waals surface area contributed by atoms with Crippen LogP contribution in [0.3, 0.4) is 0 Å². The summed E-state index contributed by atoms with van der Waals surface area (Å²) in [6, 6.07) is 11.1. The minimum Gasteiger partial charge on any atom is -0.342 e. The normalized spacial score (nSPS) is 12.3. The summed E-state index contributed by atoms with van der Waals surface area (Å²) in [4.78, 5) is 16.8. The smallest absolute Gasteiger partial charge is 0.247 e. The zero-order chi connectivity index (χ0) is 16.2. The van der Waals surface area contributed by atoms with E-state index in [0.29, 0.717) is 5.82 Å². The number of anilines is 1. The molecule has 0 aliphatic carbocycles. The number of nitrogens with one attached hydrogen (secondary N) is 2. The lowest BCUT2D eigenvalue weighted by Crippen LogP contribution is -2.29. The molecule has 6 heteroatoms. The summed E-state index contributed by atoms with van der Waals surface area (Å²) in [6.45, 7) is 4.07. The number of hydrogen-bond donors (Lipinski definition) is 2. The van der Waals surface area contributed by atoms with E-state index in [1.807, 2.05) is 67.2 Å². The Hall–Kier alpha value is -2.89. The molecule has 2 heterocycles. The summed E-state index contributed by atoms with van der Waals surface area (Å²) in [5.41, 5.74) is 1.61. The molecule has 1 atom stereocenters. The zero-order valence-electron chi connectivity index (χ0n) is 13.1. The van der Waals surface area contributed by atoms with Crippen molar-refractivity contribution >= 4 is 11.6 Å². The lowest BCUT2D eigenvalue weighted by atomic mass is 10.0. The van der Waals surface area contributed by atoms with Gasteiger partial charge in [0.05, 0.1) is 0 Å². The summed E-state index contributed by atoms with van der Waals surface area (Å²) in [7, 11) is 0. The first kappa shape index (κ1) is 15.0. The van der Waals surface area contributed by atoms with Gasteiger partial charge < -0.3 is 9.88 Å². The first-order valence-electron chi connectivity index (χ1n) is 7.54. The second-order valence-corrected chi connectivity index (χ2v) is 5.72. The van der Waals surface area contributed by atoms with Gasteiger partial charge in [0.2, 0.25) is 5.91 Å². The van der Waals surface area contributed by atoms with Gasteiger partial charge >= 0.3 is 0 Å². The van der Waals surface area contributed by atoms with Crippen molar-refractivity contribution in [3.05, 3.63) is 55.1 Å². The van der Waals surface area contributed by atoms with E-state index in [1.165, 1.54) is 6.33 Å². The molecule has 0 saturated carbocycles. The highest BCUT2D eigenvalue weighted by atomic mass is 16.2. The molecule has 3 aromatic rings. The maximum absolute atomic E-state index is 12.7. The van der Waals surface area contributed by atoms with Crippen LogP contribution in [0.2, 0.25) is 0 Å². The Kier molecular flexibility index (Phi) is 4.23. The first-order chi connectivity index (χ1) is 11.1. The third-order valence-electron chi connectivity index (χ3n) is 3.67. The van der Waals surface area contributed by atoms with E-state index in [1.54, 1.807) is 0 Å². The van der Waals surface area contributed by atoms with Gasteiger partial charge in [-0.15, -0.1) is 0 Å². The van der Waals surface area contributed by atoms with Gasteiger partial charge in [0, 0.05) is 23.6 Å². The Bertz CT molecular complexity index is 762. The molecule has 0 aliphatic heterocycles. The summed E-state index contributed by atoms with van der Waals surface area (Å²) in [6.07, 6.45) is 5.28. The topological polar surface area (TPSA) is 75.6 Å². The molecule has 0 radical (unpaired) electrons. The molecule has 0 bridgehead atoms. The lowest BCUT2D eigenvalue weighted by molar-refractivity contribution is -0.120. The Morgan fingerprint density at radius 1 is 1.22 bits per heavy atom. The molecule has 0 spiro atoms. The summed E-state index contributed by atoms with van der Waals surface area (Å²) < 4.78 is 1.93. The van der Waals surface area contributed by atoms with Gasteiger partial charge in [-0.05, 0) is 30.2 Å². The van der Waals surface area contributed by atoms with Crippen molar-refractivity contribution in [3.8, 4) is 11.4 Å². The van der Waals surface area contributed by atoms with Crippen LogP contribution in [0.1, 0.15) is 19.9 Å². The highest BCUT2D eigenvalue weighted by molar-refractivity contribution is 5.94.